The third-order valence-electron chi connectivity index (χ3n) is 6.65. The van der Waals surface area contributed by atoms with Crippen molar-refractivity contribution in [3.8, 4) is 0 Å². The molecule has 9 heteroatoms. The van der Waals surface area contributed by atoms with E-state index in [1.165, 1.54) is 6.20 Å². The summed E-state index contributed by atoms with van der Waals surface area (Å²) in [6, 6.07) is 17.1. The van der Waals surface area contributed by atoms with E-state index in [4.69, 9.17) is 4.74 Å². The summed E-state index contributed by atoms with van der Waals surface area (Å²) in [6.45, 7) is 5.28. The highest BCUT2D eigenvalue weighted by Gasteiger charge is 2.46. The van der Waals surface area contributed by atoms with Crippen LogP contribution in [-0.4, -0.2) is 57.2 Å². The molecule has 0 saturated carbocycles. The minimum Gasteiger partial charge on any atom is -0.444 e. The Morgan fingerprint density at radius 1 is 1.03 bits per heavy atom. The molecular weight excluding hydrogens is 495 g/mol. The Morgan fingerprint density at radius 2 is 1.71 bits per heavy atom. The second-order valence-corrected chi connectivity index (χ2v) is 10.6. The molecule has 0 aliphatic carbocycles. The number of para-hydroxylation sites is 1. The van der Waals surface area contributed by atoms with Gasteiger partial charge in [0.1, 0.15) is 5.60 Å². The number of likely N-dealkylation sites (tertiary alicyclic amines) is 1. The lowest BCUT2D eigenvalue weighted by Gasteiger charge is -2.44. The number of halogens is 3. The molecule has 1 aliphatic heterocycles. The zero-order valence-electron chi connectivity index (χ0n) is 21.7. The van der Waals surface area contributed by atoms with Crippen molar-refractivity contribution < 1.29 is 27.5 Å². The number of benzene rings is 2. The first kappa shape index (κ1) is 27.4. The van der Waals surface area contributed by atoms with Gasteiger partial charge in [-0.05, 0) is 63.3 Å². The van der Waals surface area contributed by atoms with E-state index in [0.29, 0.717) is 22.9 Å². The number of ether oxygens (including phenoxy) is 1. The first-order valence-electron chi connectivity index (χ1n) is 12.7. The SMILES string of the molecule is CC(C)(C)OC(=O)N1CC[C@H](N(Cc2ccnc3ccccc23)C(=O)C(F)(F)F)C[C@H]1Cc1ccccc1. The predicted molar refractivity (Wildman–Crippen MR) is 138 cm³/mol. The minimum atomic E-state index is -5.03. The van der Waals surface area contributed by atoms with Crippen molar-refractivity contribution >= 4 is 22.9 Å². The first-order valence-corrected chi connectivity index (χ1v) is 12.7. The molecule has 2 aromatic carbocycles. The Kier molecular flexibility index (Phi) is 7.94. The van der Waals surface area contributed by atoms with Gasteiger partial charge in [-0.2, -0.15) is 13.2 Å². The molecule has 1 aromatic heterocycles. The summed E-state index contributed by atoms with van der Waals surface area (Å²) in [5, 5.41) is 0.696. The topological polar surface area (TPSA) is 62.7 Å². The zero-order chi connectivity index (χ0) is 27.5. The molecular formula is C29H32F3N3O3. The lowest BCUT2D eigenvalue weighted by molar-refractivity contribution is -0.189. The quantitative estimate of drug-likeness (QED) is 0.400. The number of amides is 2. The number of nitrogens with zero attached hydrogens (tertiary/aromatic N) is 3. The number of carbonyl (C=O) groups is 2. The van der Waals surface area contributed by atoms with Gasteiger partial charge in [-0.1, -0.05) is 48.5 Å². The van der Waals surface area contributed by atoms with Crippen LogP contribution in [-0.2, 0) is 22.5 Å². The van der Waals surface area contributed by atoms with Crippen molar-refractivity contribution in [2.24, 2.45) is 0 Å². The maximum absolute atomic E-state index is 13.8. The van der Waals surface area contributed by atoms with Crippen LogP contribution in [0.25, 0.3) is 10.9 Å². The van der Waals surface area contributed by atoms with Crippen LogP contribution < -0.4 is 0 Å². The molecule has 0 spiro atoms. The number of rotatable bonds is 5. The van der Waals surface area contributed by atoms with Crippen LogP contribution in [0.1, 0.15) is 44.7 Å². The van der Waals surface area contributed by atoms with Gasteiger partial charge < -0.3 is 14.5 Å². The van der Waals surface area contributed by atoms with Gasteiger partial charge in [0.05, 0.1) is 5.52 Å². The zero-order valence-corrected chi connectivity index (χ0v) is 21.7. The predicted octanol–water partition coefficient (Wildman–Crippen LogP) is 6.14. The lowest BCUT2D eigenvalue weighted by atomic mass is 9.91. The summed E-state index contributed by atoms with van der Waals surface area (Å²) in [5.74, 6) is -1.88. The average Bonchev–Trinajstić information content (AvgIpc) is 2.86. The Bertz CT molecular complexity index is 1270. The average molecular weight is 528 g/mol. The molecule has 4 rings (SSSR count). The number of hydrogen-bond donors (Lipinski definition) is 0. The molecule has 0 unspecified atom stereocenters. The Hall–Kier alpha value is -3.62. The van der Waals surface area contributed by atoms with E-state index in [2.05, 4.69) is 4.98 Å². The number of alkyl halides is 3. The molecule has 6 nitrogen and oxygen atoms in total. The molecule has 0 bridgehead atoms. The molecule has 1 fully saturated rings. The minimum absolute atomic E-state index is 0.176. The summed E-state index contributed by atoms with van der Waals surface area (Å²) in [5.41, 5.74) is 1.46. The van der Waals surface area contributed by atoms with Crippen molar-refractivity contribution in [3.05, 3.63) is 78.0 Å². The fourth-order valence-electron chi connectivity index (χ4n) is 4.96. The van der Waals surface area contributed by atoms with E-state index in [-0.39, 0.29) is 25.9 Å². The summed E-state index contributed by atoms with van der Waals surface area (Å²) in [6.07, 6.45) is -3.17. The Balaban J connectivity index is 1.66. The largest absolute Gasteiger partial charge is 0.471 e. The standard InChI is InChI=1S/C29H32F3N3O3/c1-28(2,3)38-27(37)34-16-14-22(18-23(34)17-20-9-5-4-6-10-20)35(26(36)29(30,31)32)19-21-13-15-33-25-12-8-7-11-24(21)25/h4-13,15,22-23H,14,16-19H2,1-3H3/t22-,23+/m0/s1. The van der Waals surface area contributed by atoms with Crippen LogP contribution in [0.2, 0.25) is 0 Å². The highest BCUT2D eigenvalue weighted by atomic mass is 19.4. The summed E-state index contributed by atoms with van der Waals surface area (Å²) >= 11 is 0. The van der Waals surface area contributed by atoms with Gasteiger partial charge in [0, 0.05) is 36.8 Å². The number of piperidine rings is 1. The normalized spacial score (nSPS) is 18.3. The second kappa shape index (κ2) is 11.0. The van der Waals surface area contributed by atoms with Crippen molar-refractivity contribution in [1.29, 1.82) is 0 Å². The maximum Gasteiger partial charge on any atom is 0.471 e. The molecule has 3 aromatic rings. The van der Waals surface area contributed by atoms with Crippen molar-refractivity contribution in [3.63, 3.8) is 0 Å². The number of aromatic nitrogens is 1. The van der Waals surface area contributed by atoms with Crippen LogP contribution in [0.15, 0.2) is 66.9 Å². The molecule has 202 valence electrons. The molecule has 2 atom stereocenters. The summed E-state index contributed by atoms with van der Waals surface area (Å²) in [7, 11) is 0. The van der Waals surface area contributed by atoms with E-state index in [0.717, 1.165) is 10.5 Å². The van der Waals surface area contributed by atoms with Crippen LogP contribution in [0.4, 0.5) is 18.0 Å². The molecule has 0 radical (unpaired) electrons. The fourth-order valence-corrected chi connectivity index (χ4v) is 4.96. The van der Waals surface area contributed by atoms with E-state index in [1.54, 1.807) is 56.0 Å². The van der Waals surface area contributed by atoms with Gasteiger partial charge in [0.2, 0.25) is 0 Å². The van der Waals surface area contributed by atoms with Gasteiger partial charge in [-0.25, -0.2) is 4.79 Å². The monoisotopic (exact) mass is 527 g/mol. The number of fused-ring (bicyclic) bond motifs is 1. The van der Waals surface area contributed by atoms with Crippen molar-refractivity contribution in [2.75, 3.05) is 6.54 Å². The number of carbonyl (C=O) groups excluding carboxylic acids is 2. The number of pyridine rings is 1. The smallest absolute Gasteiger partial charge is 0.444 e. The van der Waals surface area contributed by atoms with Gasteiger partial charge >= 0.3 is 18.2 Å². The third kappa shape index (κ3) is 6.62. The van der Waals surface area contributed by atoms with Gasteiger partial charge in [0.25, 0.3) is 0 Å². The van der Waals surface area contributed by atoms with E-state index in [1.807, 2.05) is 30.3 Å². The molecule has 38 heavy (non-hydrogen) atoms. The molecule has 0 N–H and O–H groups in total. The summed E-state index contributed by atoms with van der Waals surface area (Å²) in [4.78, 5) is 32.6. The fraction of sp³-hybridized carbons (Fsp3) is 0.414. The molecule has 2 amide bonds. The van der Waals surface area contributed by atoms with Gasteiger partial charge in [-0.3, -0.25) is 9.78 Å². The maximum atomic E-state index is 13.8. The summed E-state index contributed by atoms with van der Waals surface area (Å²) < 4.78 is 47.1. The van der Waals surface area contributed by atoms with E-state index < -0.39 is 35.9 Å². The highest BCUT2D eigenvalue weighted by Crippen LogP contribution is 2.31. The second-order valence-electron chi connectivity index (χ2n) is 10.6. The third-order valence-corrected chi connectivity index (χ3v) is 6.65. The molecule has 1 aliphatic rings. The van der Waals surface area contributed by atoms with Crippen LogP contribution >= 0.6 is 0 Å². The van der Waals surface area contributed by atoms with Crippen molar-refractivity contribution in [2.45, 2.75) is 70.4 Å². The van der Waals surface area contributed by atoms with Gasteiger partial charge in [-0.15, -0.1) is 0 Å². The Morgan fingerprint density at radius 3 is 2.39 bits per heavy atom. The van der Waals surface area contributed by atoms with Crippen LogP contribution in [0.3, 0.4) is 0 Å². The van der Waals surface area contributed by atoms with Crippen LogP contribution in [0, 0.1) is 0 Å². The highest BCUT2D eigenvalue weighted by molar-refractivity contribution is 5.85. The van der Waals surface area contributed by atoms with Crippen LogP contribution in [0.5, 0.6) is 0 Å². The number of hydrogen-bond acceptors (Lipinski definition) is 4. The van der Waals surface area contributed by atoms with E-state index in [9.17, 15) is 22.8 Å². The van der Waals surface area contributed by atoms with Crippen molar-refractivity contribution in [1.82, 2.24) is 14.8 Å². The van der Waals surface area contributed by atoms with E-state index >= 15 is 0 Å². The van der Waals surface area contributed by atoms with Gasteiger partial charge in [0.15, 0.2) is 0 Å². The Labute approximate surface area is 220 Å². The lowest BCUT2D eigenvalue weighted by Crippen LogP contribution is -2.56. The molecule has 1 saturated heterocycles. The first-order chi connectivity index (χ1) is 17.9. The molecule has 2 heterocycles.